The van der Waals surface area contributed by atoms with Gasteiger partial charge in [-0.05, 0) is 91.9 Å². The molecule has 40 heavy (non-hydrogen) atoms. The number of amides is 2. The van der Waals surface area contributed by atoms with Gasteiger partial charge in [0.05, 0.1) is 6.04 Å². The number of esters is 1. The third kappa shape index (κ3) is 4.90. The van der Waals surface area contributed by atoms with Crippen molar-refractivity contribution in [3.63, 3.8) is 0 Å². The van der Waals surface area contributed by atoms with Crippen LogP contribution in [0.5, 0.6) is 0 Å². The lowest BCUT2D eigenvalue weighted by molar-refractivity contribution is -0.146. The molecule has 4 saturated carbocycles. The van der Waals surface area contributed by atoms with E-state index in [1.807, 2.05) is 30.3 Å². The van der Waals surface area contributed by atoms with Gasteiger partial charge in [-0.25, -0.2) is 4.79 Å². The Hall–Kier alpha value is -2.61. The molecule has 0 bridgehead atoms. The van der Waals surface area contributed by atoms with Crippen LogP contribution in [0.1, 0.15) is 90.2 Å². The largest absolute Gasteiger partial charge is 0.463 e. The highest BCUT2D eigenvalue weighted by Gasteiger charge is 2.67. The van der Waals surface area contributed by atoms with E-state index in [-0.39, 0.29) is 46.9 Å². The highest BCUT2D eigenvalue weighted by atomic mass is 16.6. The van der Waals surface area contributed by atoms with Crippen molar-refractivity contribution < 1.29 is 23.9 Å². The molecule has 0 aliphatic heterocycles. The smallest absolute Gasteiger partial charge is 0.408 e. The van der Waals surface area contributed by atoms with E-state index in [2.05, 4.69) is 24.5 Å². The summed E-state index contributed by atoms with van der Waals surface area (Å²) in [7, 11) is 1.74. The lowest BCUT2D eigenvalue weighted by atomic mass is 9.42. The normalized spacial score (nSPS) is 39.1. The molecule has 5 rings (SSSR count). The van der Waals surface area contributed by atoms with Crippen molar-refractivity contribution in [1.29, 1.82) is 0 Å². The maximum atomic E-state index is 13.0. The van der Waals surface area contributed by atoms with E-state index in [1.165, 1.54) is 6.92 Å². The van der Waals surface area contributed by atoms with Crippen LogP contribution in [-0.4, -0.2) is 43.3 Å². The second-order valence-electron chi connectivity index (χ2n) is 13.4. The summed E-state index contributed by atoms with van der Waals surface area (Å²) in [6.45, 7) is 6.15. The number of fused-ring (bicyclic) bond motifs is 5. The lowest BCUT2D eigenvalue weighted by Crippen LogP contribution is -2.67. The Morgan fingerprint density at radius 1 is 1.00 bits per heavy atom. The van der Waals surface area contributed by atoms with Gasteiger partial charge in [-0.3, -0.25) is 9.59 Å². The fourth-order valence-corrected chi connectivity index (χ4v) is 9.42. The number of ether oxygens (including phenoxy) is 2. The highest BCUT2D eigenvalue weighted by Crippen LogP contribution is 2.68. The van der Waals surface area contributed by atoms with E-state index >= 15 is 0 Å². The molecule has 4 N–H and O–H groups in total. The van der Waals surface area contributed by atoms with Crippen LogP contribution in [0.2, 0.25) is 0 Å². The maximum absolute atomic E-state index is 13.0. The maximum Gasteiger partial charge on any atom is 0.408 e. The van der Waals surface area contributed by atoms with Crippen molar-refractivity contribution in [2.45, 2.75) is 96.2 Å². The molecule has 0 saturated heterocycles. The van der Waals surface area contributed by atoms with Crippen LogP contribution in [0.15, 0.2) is 30.3 Å². The van der Waals surface area contributed by atoms with Crippen molar-refractivity contribution in [3.05, 3.63) is 35.9 Å². The Balaban J connectivity index is 1.23. The van der Waals surface area contributed by atoms with Crippen LogP contribution < -0.4 is 16.4 Å². The molecule has 4 fully saturated rings. The van der Waals surface area contributed by atoms with Crippen molar-refractivity contribution in [1.82, 2.24) is 10.6 Å². The molecule has 9 atom stereocenters. The van der Waals surface area contributed by atoms with Crippen LogP contribution in [0.25, 0.3) is 0 Å². The molecular weight excluding hydrogens is 506 g/mol. The summed E-state index contributed by atoms with van der Waals surface area (Å²) in [5, 5.41) is 5.82. The number of carbonyl (C=O) groups is 3. The van der Waals surface area contributed by atoms with Gasteiger partial charge in [-0.15, -0.1) is 0 Å². The zero-order valence-corrected chi connectivity index (χ0v) is 24.5. The van der Waals surface area contributed by atoms with Gasteiger partial charge in [0.25, 0.3) is 0 Å². The number of nitrogens with one attached hydrogen (secondary N) is 2. The molecule has 1 aromatic rings. The van der Waals surface area contributed by atoms with Crippen molar-refractivity contribution in [2.24, 2.45) is 40.2 Å². The van der Waals surface area contributed by atoms with Crippen molar-refractivity contribution >= 4 is 18.0 Å². The quantitative estimate of drug-likeness (QED) is 0.432. The van der Waals surface area contributed by atoms with Crippen molar-refractivity contribution in [2.75, 3.05) is 13.7 Å². The summed E-state index contributed by atoms with van der Waals surface area (Å²) in [6.07, 6.45) is 8.17. The Morgan fingerprint density at radius 3 is 2.45 bits per heavy atom. The molecule has 220 valence electrons. The average molecular weight is 554 g/mol. The summed E-state index contributed by atoms with van der Waals surface area (Å²) in [4.78, 5) is 37.2. The zero-order chi connectivity index (χ0) is 28.7. The molecule has 2 amide bonds. The standard InChI is InChI=1S/C32H47N3O5/c1-20(36)39-19-27(21-8-6-5-7-9-21)35-29(38)40-23-12-15-30(2)22(18-23)10-11-25-24(30)13-16-31(3)26(28(37)34-4)14-17-32(25,31)33/h5-9,22-27H,10-19,33H2,1-4H3,(H,34,37)(H,35,38)/t22-,23+,24+,25-,26-,27?,30+,31-,32+/m1/s1. The number of rotatable bonds is 6. The highest BCUT2D eigenvalue weighted by molar-refractivity contribution is 5.80. The number of nitrogens with two attached hydrogens (primary N) is 1. The topological polar surface area (TPSA) is 120 Å². The van der Waals surface area contributed by atoms with Gasteiger partial charge in [-0.1, -0.05) is 44.2 Å². The van der Waals surface area contributed by atoms with Crippen LogP contribution in [0.4, 0.5) is 4.79 Å². The van der Waals surface area contributed by atoms with Gasteiger partial charge in [-0.2, -0.15) is 0 Å². The molecule has 0 heterocycles. The molecular formula is C32H47N3O5. The second kappa shape index (κ2) is 11.0. The van der Waals surface area contributed by atoms with E-state index in [4.69, 9.17) is 15.2 Å². The summed E-state index contributed by atoms with van der Waals surface area (Å²) in [5.74, 6) is 1.20. The Labute approximate surface area is 238 Å². The Morgan fingerprint density at radius 2 is 1.75 bits per heavy atom. The van der Waals surface area contributed by atoms with Gasteiger partial charge in [0.1, 0.15) is 12.7 Å². The lowest BCUT2D eigenvalue weighted by Gasteiger charge is -2.64. The minimum atomic E-state index is -0.469. The number of hydrogen-bond acceptors (Lipinski definition) is 6. The van der Waals surface area contributed by atoms with Gasteiger partial charge in [0.15, 0.2) is 0 Å². The second-order valence-corrected chi connectivity index (χ2v) is 13.4. The molecule has 1 unspecified atom stereocenters. The molecule has 8 heteroatoms. The first kappa shape index (κ1) is 28.9. The van der Waals surface area contributed by atoms with E-state index in [9.17, 15) is 14.4 Å². The van der Waals surface area contributed by atoms with Crippen LogP contribution in [0.3, 0.4) is 0 Å². The Kier molecular flexibility index (Phi) is 7.94. The molecule has 4 aliphatic carbocycles. The van der Waals surface area contributed by atoms with Crippen LogP contribution in [0, 0.1) is 34.5 Å². The first-order valence-electron chi connectivity index (χ1n) is 15.2. The first-order chi connectivity index (χ1) is 19.0. The summed E-state index contributed by atoms with van der Waals surface area (Å²) < 4.78 is 11.2. The predicted molar refractivity (Wildman–Crippen MR) is 152 cm³/mol. The molecule has 4 aliphatic rings. The number of alkyl carbamates (subject to hydrolysis) is 1. The summed E-state index contributed by atoms with van der Waals surface area (Å²) >= 11 is 0. The SMILES string of the molecule is CNC(=O)[C@H]1CC[C@]2(N)[C@@H]3CC[C@@H]4C[C@@H](OC(=O)NC(COC(C)=O)c5ccccc5)CC[C@]4(C)[C@H]3CC[C@]12C. The monoisotopic (exact) mass is 553 g/mol. The van der Waals surface area contributed by atoms with Gasteiger partial charge >= 0.3 is 12.1 Å². The van der Waals surface area contributed by atoms with Crippen LogP contribution >= 0.6 is 0 Å². The number of benzene rings is 1. The van der Waals surface area contributed by atoms with E-state index < -0.39 is 12.1 Å². The Bertz CT molecular complexity index is 1110. The van der Waals surface area contributed by atoms with E-state index in [0.29, 0.717) is 17.8 Å². The van der Waals surface area contributed by atoms with Gasteiger partial charge in [0, 0.05) is 25.4 Å². The molecule has 0 spiro atoms. The van der Waals surface area contributed by atoms with E-state index in [1.54, 1.807) is 7.05 Å². The average Bonchev–Trinajstić information content (AvgIpc) is 3.22. The summed E-state index contributed by atoms with van der Waals surface area (Å²) in [6, 6.07) is 9.03. The third-order valence-corrected chi connectivity index (χ3v) is 11.7. The minimum Gasteiger partial charge on any atom is -0.463 e. The zero-order valence-electron chi connectivity index (χ0n) is 24.5. The molecule has 1 aromatic carbocycles. The summed E-state index contributed by atoms with van der Waals surface area (Å²) in [5.41, 5.74) is 7.93. The first-order valence-corrected chi connectivity index (χ1v) is 15.2. The fraction of sp³-hybridized carbons (Fsp3) is 0.719. The predicted octanol–water partition coefficient (Wildman–Crippen LogP) is 4.87. The number of carbonyl (C=O) groups excluding carboxylic acids is 3. The van der Waals surface area contributed by atoms with Gasteiger partial charge < -0.3 is 25.8 Å². The molecule has 8 nitrogen and oxygen atoms in total. The number of hydrogen-bond donors (Lipinski definition) is 3. The fourth-order valence-electron chi connectivity index (χ4n) is 9.42. The van der Waals surface area contributed by atoms with Gasteiger partial charge in [0.2, 0.25) is 5.91 Å². The third-order valence-electron chi connectivity index (χ3n) is 11.7. The molecule has 0 radical (unpaired) electrons. The van der Waals surface area contributed by atoms with E-state index in [0.717, 1.165) is 63.4 Å². The van der Waals surface area contributed by atoms with Crippen LogP contribution in [-0.2, 0) is 19.1 Å². The van der Waals surface area contributed by atoms with Crippen molar-refractivity contribution in [3.8, 4) is 0 Å². The minimum absolute atomic E-state index is 0.00260. The molecule has 0 aromatic heterocycles.